The van der Waals surface area contributed by atoms with Gasteiger partial charge in [0.15, 0.2) is 11.7 Å². The van der Waals surface area contributed by atoms with Gasteiger partial charge in [0.05, 0.1) is 22.0 Å². The Hall–Kier alpha value is -2.35. The molecule has 0 unspecified atom stereocenters. The van der Waals surface area contributed by atoms with E-state index in [-0.39, 0.29) is 5.76 Å². The lowest BCUT2D eigenvalue weighted by Crippen LogP contribution is -2.20. The standard InChI is InChI=1S/C16H10Cl2N2O4S/c17-10-4-3-9(6-11(10)18)12-8-25-16(19-12)20-14(21)7-24-15(22)13-2-1-5-23-13/h1-6,8H,7H2,(H,19,20,21). The highest BCUT2D eigenvalue weighted by molar-refractivity contribution is 7.14. The molecule has 0 bridgehead atoms. The van der Waals surface area contributed by atoms with Crippen LogP contribution in [0.2, 0.25) is 10.0 Å². The number of carbonyl (C=O) groups excluding carboxylic acids is 2. The first-order chi connectivity index (χ1) is 12.0. The van der Waals surface area contributed by atoms with Crippen molar-refractivity contribution in [2.24, 2.45) is 0 Å². The van der Waals surface area contributed by atoms with Gasteiger partial charge in [-0.15, -0.1) is 11.3 Å². The van der Waals surface area contributed by atoms with Gasteiger partial charge in [0, 0.05) is 10.9 Å². The molecular formula is C16H10Cl2N2O4S. The van der Waals surface area contributed by atoms with Crippen molar-refractivity contribution < 1.29 is 18.7 Å². The van der Waals surface area contributed by atoms with Crippen LogP contribution in [0.15, 0.2) is 46.4 Å². The summed E-state index contributed by atoms with van der Waals surface area (Å²) in [7, 11) is 0. The lowest BCUT2D eigenvalue weighted by Gasteiger charge is -2.03. The molecule has 0 saturated heterocycles. The van der Waals surface area contributed by atoms with Crippen LogP contribution in [-0.4, -0.2) is 23.5 Å². The summed E-state index contributed by atoms with van der Waals surface area (Å²) in [4.78, 5) is 27.7. The number of esters is 1. The molecule has 128 valence electrons. The molecule has 0 atom stereocenters. The van der Waals surface area contributed by atoms with Gasteiger partial charge in [-0.3, -0.25) is 10.1 Å². The van der Waals surface area contributed by atoms with E-state index in [2.05, 4.69) is 10.3 Å². The summed E-state index contributed by atoms with van der Waals surface area (Å²) in [5, 5.41) is 5.57. The number of carbonyl (C=O) groups is 2. The Bertz CT molecular complexity index is 909. The largest absolute Gasteiger partial charge is 0.457 e. The Morgan fingerprint density at radius 3 is 2.80 bits per heavy atom. The van der Waals surface area contributed by atoms with E-state index in [9.17, 15) is 9.59 Å². The van der Waals surface area contributed by atoms with Crippen LogP contribution in [0.1, 0.15) is 10.6 Å². The zero-order valence-corrected chi connectivity index (χ0v) is 14.8. The molecule has 6 nitrogen and oxygen atoms in total. The monoisotopic (exact) mass is 396 g/mol. The molecule has 0 spiro atoms. The fourth-order valence-electron chi connectivity index (χ4n) is 1.87. The number of rotatable bonds is 5. The number of benzene rings is 1. The van der Waals surface area contributed by atoms with E-state index < -0.39 is 18.5 Å². The van der Waals surface area contributed by atoms with Crippen molar-refractivity contribution in [3.05, 3.63) is 57.8 Å². The van der Waals surface area contributed by atoms with Crippen LogP contribution in [0, 0.1) is 0 Å². The minimum atomic E-state index is -0.712. The average molecular weight is 397 g/mol. The average Bonchev–Trinajstić information content (AvgIpc) is 3.27. The number of halogens is 2. The minimum absolute atomic E-state index is 0.0314. The van der Waals surface area contributed by atoms with Gasteiger partial charge >= 0.3 is 5.97 Å². The molecule has 0 aliphatic rings. The van der Waals surface area contributed by atoms with Crippen LogP contribution >= 0.6 is 34.5 Å². The van der Waals surface area contributed by atoms with Gasteiger partial charge in [-0.25, -0.2) is 9.78 Å². The SMILES string of the molecule is O=C(COC(=O)c1ccco1)Nc1nc(-c2ccc(Cl)c(Cl)c2)cs1. The Labute approximate surface area is 156 Å². The summed E-state index contributed by atoms with van der Waals surface area (Å²) in [6.07, 6.45) is 1.34. The van der Waals surface area contributed by atoms with Crippen molar-refractivity contribution in [3.8, 4) is 11.3 Å². The number of hydrogen-bond donors (Lipinski definition) is 1. The zero-order valence-electron chi connectivity index (χ0n) is 12.5. The predicted octanol–water partition coefficient (Wildman–Crippen LogP) is 4.51. The Morgan fingerprint density at radius 2 is 2.08 bits per heavy atom. The number of ether oxygens (including phenoxy) is 1. The molecule has 2 heterocycles. The van der Waals surface area contributed by atoms with Gasteiger partial charge in [-0.05, 0) is 24.3 Å². The molecule has 0 aliphatic heterocycles. The number of furan rings is 1. The van der Waals surface area contributed by atoms with Crippen LogP contribution < -0.4 is 5.32 Å². The molecule has 25 heavy (non-hydrogen) atoms. The fourth-order valence-corrected chi connectivity index (χ4v) is 2.91. The molecule has 1 aromatic carbocycles. The number of anilines is 1. The number of amides is 1. The van der Waals surface area contributed by atoms with Crippen molar-refractivity contribution in [2.75, 3.05) is 11.9 Å². The second-order valence-corrected chi connectivity index (χ2v) is 6.44. The van der Waals surface area contributed by atoms with Gasteiger partial charge in [-0.1, -0.05) is 29.3 Å². The summed E-state index contributed by atoms with van der Waals surface area (Å²) in [6, 6.07) is 8.14. The molecule has 9 heteroatoms. The summed E-state index contributed by atoms with van der Waals surface area (Å²) < 4.78 is 9.72. The van der Waals surface area contributed by atoms with Crippen molar-refractivity contribution in [2.45, 2.75) is 0 Å². The minimum Gasteiger partial charge on any atom is -0.457 e. The van der Waals surface area contributed by atoms with E-state index in [1.165, 1.54) is 23.7 Å². The van der Waals surface area contributed by atoms with Crippen LogP contribution in [0.25, 0.3) is 11.3 Å². The van der Waals surface area contributed by atoms with Gasteiger partial charge in [-0.2, -0.15) is 0 Å². The third-order valence-corrected chi connectivity index (χ3v) is 4.52. The second kappa shape index (κ2) is 7.69. The molecule has 0 saturated carbocycles. The summed E-state index contributed by atoms with van der Waals surface area (Å²) in [5.41, 5.74) is 1.42. The number of aromatic nitrogens is 1. The summed E-state index contributed by atoms with van der Waals surface area (Å²) in [6.45, 7) is -0.443. The van der Waals surface area contributed by atoms with E-state index in [1.807, 2.05) is 0 Å². The maximum Gasteiger partial charge on any atom is 0.374 e. The van der Waals surface area contributed by atoms with Crippen molar-refractivity contribution >= 4 is 51.5 Å². The molecular weight excluding hydrogens is 387 g/mol. The van der Waals surface area contributed by atoms with E-state index >= 15 is 0 Å². The Balaban J connectivity index is 1.58. The first kappa shape index (κ1) is 17.5. The molecule has 0 fully saturated rings. The lowest BCUT2D eigenvalue weighted by atomic mass is 10.2. The first-order valence-electron chi connectivity index (χ1n) is 6.94. The number of thiazole rings is 1. The van der Waals surface area contributed by atoms with Gasteiger partial charge in [0.25, 0.3) is 5.91 Å². The molecule has 3 rings (SSSR count). The smallest absolute Gasteiger partial charge is 0.374 e. The third-order valence-electron chi connectivity index (χ3n) is 3.02. The first-order valence-corrected chi connectivity index (χ1v) is 8.58. The predicted molar refractivity (Wildman–Crippen MR) is 95.2 cm³/mol. The van der Waals surface area contributed by atoms with Gasteiger partial charge < -0.3 is 9.15 Å². The van der Waals surface area contributed by atoms with E-state index in [4.69, 9.17) is 32.4 Å². The topological polar surface area (TPSA) is 81.4 Å². The summed E-state index contributed by atoms with van der Waals surface area (Å²) >= 11 is 13.1. The van der Waals surface area contributed by atoms with Crippen LogP contribution in [-0.2, 0) is 9.53 Å². The quantitative estimate of drug-likeness (QED) is 0.641. The second-order valence-electron chi connectivity index (χ2n) is 4.77. The highest BCUT2D eigenvalue weighted by atomic mass is 35.5. The Kier molecular flexibility index (Phi) is 5.37. The van der Waals surface area contributed by atoms with Gasteiger partial charge in [0.2, 0.25) is 5.76 Å². The zero-order chi connectivity index (χ0) is 17.8. The molecule has 3 aromatic rings. The van der Waals surface area contributed by atoms with E-state index in [1.54, 1.807) is 29.6 Å². The molecule has 0 aliphatic carbocycles. The van der Waals surface area contributed by atoms with Gasteiger partial charge in [0.1, 0.15) is 0 Å². The molecule has 0 radical (unpaired) electrons. The fraction of sp³-hybridized carbons (Fsp3) is 0.0625. The van der Waals surface area contributed by atoms with Crippen LogP contribution in [0.5, 0.6) is 0 Å². The number of nitrogens with zero attached hydrogens (tertiary/aromatic N) is 1. The maximum atomic E-state index is 11.8. The number of nitrogens with one attached hydrogen (secondary N) is 1. The molecule has 2 aromatic heterocycles. The number of hydrogen-bond acceptors (Lipinski definition) is 6. The van der Waals surface area contributed by atoms with Crippen molar-refractivity contribution in [3.63, 3.8) is 0 Å². The Morgan fingerprint density at radius 1 is 1.24 bits per heavy atom. The van der Waals surface area contributed by atoms with Crippen LogP contribution in [0.4, 0.5) is 5.13 Å². The van der Waals surface area contributed by atoms with Crippen molar-refractivity contribution in [1.29, 1.82) is 0 Å². The normalized spacial score (nSPS) is 10.5. The maximum absolute atomic E-state index is 11.8. The van der Waals surface area contributed by atoms with E-state index in [0.29, 0.717) is 20.9 Å². The molecule has 1 amide bonds. The highest BCUT2D eigenvalue weighted by Crippen LogP contribution is 2.30. The lowest BCUT2D eigenvalue weighted by molar-refractivity contribution is -0.119. The van der Waals surface area contributed by atoms with E-state index in [0.717, 1.165) is 5.56 Å². The summed E-state index contributed by atoms with van der Waals surface area (Å²) in [5.74, 6) is -1.19. The highest BCUT2D eigenvalue weighted by Gasteiger charge is 2.14. The molecule has 1 N–H and O–H groups in total. The van der Waals surface area contributed by atoms with Crippen molar-refractivity contribution in [1.82, 2.24) is 4.98 Å². The van der Waals surface area contributed by atoms with Crippen LogP contribution in [0.3, 0.4) is 0 Å². The third kappa shape index (κ3) is 4.39.